The van der Waals surface area contributed by atoms with Crippen molar-refractivity contribution in [3.8, 4) is 0 Å². The molecule has 0 aromatic heterocycles. The van der Waals surface area contributed by atoms with Crippen molar-refractivity contribution in [1.29, 1.82) is 0 Å². The molecule has 1 aromatic rings. The molecule has 21 heavy (non-hydrogen) atoms. The van der Waals surface area contributed by atoms with Crippen LogP contribution in [0.5, 0.6) is 0 Å². The summed E-state index contributed by atoms with van der Waals surface area (Å²) in [4.78, 5) is 11.7. The first kappa shape index (κ1) is 17.4. The van der Waals surface area contributed by atoms with Gasteiger partial charge in [-0.3, -0.25) is 4.79 Å². The monoisotopic (exact) mass is 296 g/mol. The second kappa shape index (κ2) is 11.1. The van der Waals surface area contributed by atoms with Crippen molar-refractivity contribution < 1.29 is 19.0 Å². The fourth-order valence-electron chi connectivity index (χ4n) is 1.62. The highest BCUT2D eigenvalue weighted by atomic mass is 16.5. The number of nitrogen functional groups attached to an aromatic ring is 1. The molecule has 0 atom stereocenters. The van der Waals surface area contributed by atoms with Crippen molar-refractivity contribution in [2.75, 3.05) is 51.2 Å². The van der Waals surface area contributed by atoms with E-state index in [1.807, 2.05) is 12.1 Å². The molecule has 1 rings (SSSR count). The van der Waals surface area contributed by atoms with Crippen LogP contribution in [0.1, 0.15) is 12.8 Å². The first-order valence-electron chi connectivity index (χ1n) is 7.03. The Bertz CT molecular complexity index is 412. The summed E-state index contributed by atoms with van der Waals surface area (Å²) in [5.74, 6) is -0.0622. The number of para-hydroxylation sites is 2. The molecular formula is C15H24N2O4. The number of hydrogen-bond acceptors (Lipinski definition) is 5. The number of methoxy groups -OCH3 is 1. The SMILES string of the molecule is COCCOCCOCCCC(=O)Nc1ccccc1N. The number of carbonyl (C=O) groups is 1. The lowest BCUT2D eigenvalue weighted by Crippen LogP contribution is -2.14. The Morgan fingerprint density at radius 1 is 1.10 bits per heavy atom. The van der Waals surface area contributed by atoms with Gasteiger partial charge in [-0.05, 0) is 18.6 Å². The number of nitrogens with one attached hydrogen (secondary N) is 1. The van der Waals surface area contributed by atoms with Crippen LogP contribution in [-0.2, 0) is 19.0 Å². The van der Waals surface area contributed by atoms with Crippen LogP contribution in [0.4, 0.5) is 11.4 Å². The molecule has 6 nitrogen and oxygen atoms in total. The third-order valence-electron chi connectivity index (χ3n) is 2.73. The maximum Gasteiger partial charge on any atom is 0.224 e. The number of carbonyl (C=O) groups excluding carboxylic acids is 1. The number of ether oxygens (including phenoxy) is 3. The van der Waals surface area contributed by atoms with Crippen molar-refractivity contribution in [3.05, 3.63) is 24.3 Å². The number of nitrogens with two attached hydrogens (primary N) is 1. The number of rotatable bonds is 11. The van der Waals surface area contributed by atoms with E-state index in [1.54, 1.807) is 19.2 Å². The molecule has 0 aliphatic heterocycles. The Kier molecular flexibility index (Phi) is 9.19. The highest BCUT2D eigenvalue weighted by Crippen LogP contribution is 2.16. The topological polar surface area (TPSA) is 82.8 Å². The van der Waals surface area contributed by atoms with E-state index in [4.69, 9.17) is 19.9 Å². The van der Waals surface area contributed by atoms with Gasteiger partial charge in [0.1, 0.15) is 0 Å². The molecule has 0 aliphatic rings. The summed E-state index contributed by atoms with van der Waals surface area (Å²) in [5.41, 5.74) is 6.96. The fraction of sp³-hybridized carbons (Fsp3) is 0.533. The lowest BCUT2D eigenvalue weighted by Gasteiger charge is -2.08. The van der Waals surface area contributed by atoms with Gasteiger partial charge in [-0.25, -0.2) is 0 Å². The zero-order valence-electron chi connectivity index (χ0n) is 12.5. The molecular weight excluding hydrogens is 272 g/mol. The minimum Gasteiger partial charge on any atom is -0.397 e. The Labute approximate surface area is 125 Å². The minimum absolute atomic E-state index is 0.0622. The molecule has 0 radical (unpaired) electrons. The Hall–Kier alpha value is -1.63. The molecule has 3 N–H and O–H groups in total. The third-order valence-corrected chi connectivity index (χ3v) is 2.73. The summed E-state index contributed by atoms with van der Waals surface area (Å²) in [5, 5.41) is 2.78. The van der Waals surface area contributed by atoms with E-state index >= 15 is 0 Å². The fourth-order valence-corrected chi connectivity index (χ4v) is 1.62. The minimum atomic E-state index is -0.0622. The van der Waals surface area contributed by atoms with Crippen LogP contribution in [0.3, 0.4) is 0 Å². The van der Waals surface area contributed by atoms with Crippen molar-refractivity contribution in [2.45, 2.75) is 12.8 Å². The first-order valence-corrected chi connectivity index (χ1v) is 7.03. The molecule has 118 valence electrons. The van der Waals surface area contributed by atoms with Gasteiger partial charge >= 0.3 is 0 Å². The van der Waals surface area contributed by atoms with Gasteiger partial charge in [-0.2, -0.15) is 0 Å². The predicted octanol–water partition coefficient (Wildman–Crippen LogP) is 1.67. The average Bonchev–Trinajstić information content (AvgIpc) is 2.48. The maximum absolute atomic E-state index is 11.7. The molecule has 1 amide bonds. The van der Waals surface area contributed by atoms with E-state index in [2.05, 4.69) is 5.32 Å². The third kappa shape index (κ3) is 8.29. The molecule has 0 fully saturated rings. The lowest BCUT2D eigenvalue weighted by molar-refractivity contribution is -0.116. The zero-order chi connectivity index (χ0) is 15.3. The van der Waals surface area contributed by atoms with Gasteiger partial charge in [-0.15, -0.1) is 0 Å². The van der Waals surface area contributed by atoms with Crippen molar-refractivity contribution in [1.82, 2.24) is 0 Å². The van der Waals surface area contributed by atoms with Crippen LogP contribution in [-0.4, -0.2) is 46.1 Å². The standard InChI is InChI=1S/C15H24N2O4/c1-19-9-10-21-12-11-20-8-4-7-15(18)17-14-6-3-2-5-13(14)16/h2-3,5-6H,4,7-12,16H2,1H3,(H,17,18). The predicted molar refractivity (Wildman–Crippen MR) is 82.2 cm³/mol. The summed E-state index contributed by atoms with van der Waals surface area (Å²) in [6.07, 6.45) is 1.06. The van der Waals surface area contributed by atoms with Crippen molar-refractivity contribution in [2.24, 2.45) is 0 Å². The van der Waals surface area contributed by atoms with Crippen LogP contribution in [0, 0.1) is 0 Å². The van der Waals surface area contributed by atoms with E-state index in [9.17, 15) is 4.79 Å². The number of benzene rings is 1. The van der Waals surface area contributed by atoms with E-state index in [1.165, 1.54) is 0 Å². The first-order chi connectivity index (χ1) is 10.2. The summed E-state index contributed by atoms with van der Waals surface area (Å²) >= 11 is 0. The molecule has 0 aliphatic carbocycles. The molecule has 0 saturated carbocycles. The van der Waals surface area contributed by atoms with Gasteiger partial charge in [0.05, 0.1) is 37.8 Å². The van der Waals surface area contributed by atoms with Crippen LogP contribution in [0.25, 0.3) is 0 Å². The number of anilines is 2. The van der Waals surface area contributed by atoms with Crippen molar-refractivity contribution in [3.63, 3.8) is 0 Å². The van der Waals surface area contributed by atoms with E-state index in [0.717, 1.165) is 0 Å². The van der Waals surface area contributed by atoms with Crippen LogP contribution in [0.2, 0.25) is 0 Å². The van der Waals surface area contributed by atoms with Gasteiger partial charge in [0.2, 0.25) is 5.91 Å². The van der Waals surface area contributed by atoms with Gasteiger partial charge in [-0.1, -0.05) is 12.1 Å². The van der Waals surface area contributed by atoms with E-state index in [-0.39, 0.29) is 5.91 Å². The van der Waals surface area contributed by atoms with Crippen LogP contribution < -0.4 is 11.1 Å². The summed E-state index contributed by atoms with van der Waals surface area (Å²) in [6, 6.07) is 7.19. The summed E-state index contributed by atoms with van der Waals surface area (Å²) in [6.45, 7) is 2.75. The molecule has 0 heterocycles. The van der Waals surface area contributed by atoms with Crippen LogP contribution >= 0.6 is 0 Å². The number of hydrogen-bond donors (Lipinski definition) is 2. The van der Waals surface area contributed by atoms with E-state index in [0.29, 0.717) is 57.3 Å². The second-order valence-electron chi connectivity index (χ2n) is 4.46. The Balaban J connectivity index is 2.00. The second-order valence-corrected chi connectivity index (χ2v) is 4.46. The molecule has 0 unspecified atom stereocenters. The largest absolute Gasteiger partial charge is 0.397 e. The van der Waals surface area contributed by atoms with Gasteiger partial charge in [0, 0.05) is 20.1 Å². The molecule has 1 aromatic carbocycles. The highest BCUT2D eigenvalue weighted by Gasteiger charge is 2.04. The Morgan fingerprint density at radius 3 is 2.48 bits per heavy atom. The average molecular weight is 296 g/mol. The smallest absolute Gasteiger partial charge is 0.224 e. The van der Waals surface area contributed by atoms with E-state index < -0.39 is 0 Å². The molecule has 0 spiro atoms. The van der Waals surface area contributed by atoms with Crippen molar-refractivity contribution >= 4 is 17.3 Å². The Morgan fingerprint density at radius 2 is 1.76 bits per heavy atom. The maximum atomic E-state index is 11.7. The van der Waals surface area contributed by atoms with Gasteiger partial charge in [0.25, 0.3) is 0 Å². The quantitative estimate of drug-likeness (QED) is 0.479. The highest BCUT2D eigenvalue weighted by molar-refractivity contribution is 5.93. The lowest BCUT2D eigenvalue weighted by atomic mass is 10.2. The molecule has 0 saturated heterocycles. The van der Waals surface area contributed by atoms with Crippen LogP contribution in [0.15, 0.2) is 24.3 Å². The zero-order valence-corrected chi connectivity index (χ0v) is 12.5. The normalized spacial score (nSPS) is 10.5. The molecule has 6 heteroatoms. The summed E-state index contributed by atoms with van der Waals surface area (Å²) in [7, 11) is 1.63. The number of amides is 1. The summed E-state index contributed by atoms with van der Waals surface area (Å²) < 4.78 is 15.5. The van der Waals surface area contributed by atoms with Gasteiger partial charge in [0.15, 0.2) is 0 Å². The van der Waals surface area contributed by atoms with Gasteiger partial charge < -0.3 is 25.3 Å². The molecule has 0 bridgehead atoms.